The summed E-state index contributed by atoms with van der Waals surface area (Å²) < 4.78 is 0. The number of para-hydroxylation sites is 1. The fraction of sp³-hybridized carbons (Fsp3) is 0.400. The molecule has 1 aromatic heterocycles. The number of aromatic nitrogens is 1. The van der Waals surface area contributed by atoms with Crippen LogP contribution in [0.5, 0.6) is 0 Å². The van der Waals surface area contributed by atoms with Gasteiger partial charge in [0, 0.05) is 42.3 Å². The maximum absolute atomic E-state index is 12.2. The maximum atomic E-state index is 12.2. The number of amides is 1. The minimum absolute atomic E-state index is 0.00651. The lowest BCUT2D eigenvalue weighted by atomic mass is 10.1. The van der Waals surface area contributed by atoms with Gasteiger partial charge in [0.15, 0.2) is 0 Å². The number of hydrogen-bond acceptors (Lipinski definition) is 3. The molecule has 0 saturated carbocycles. The average Bonchev–Trinajstić information content (AvgIpc) is 3.13. The van der Waals surface area contributed by atoms with Crippen molar-refractivity contribution in [1.82, 2.24) is 15.2 Å². The Labute approximate surface area is 122 Å². The first-order valence-electron chi connectivity index (χ1n) is 6.87. The molecular weight excluding hydrogens is 270 g/mol. The fourth-order valence-electron chi connectivity index (χ4n) is 2.56. The van der Waals surface area contributed by atoms with Crippen LogP contribution in [0.3, 0.4) is 0 Å². The van der Waals surface area contributed by atoms with Crippen LogP contribution in [0.25, 0.3) is 10.9 Å². The zero-order chi connectivity index (χ0) is 13.9. The summed E-state index contributed by atoms with van der Waals surface area (Å²) in [5.41, 5.74) is 2.43. The molecule has 1 aliphatic heterocycles. The van der Waals surface area contributed by atoms with Gasteiger partial charge in [-0.25, -0.2) is 0 Å². The molecule has 5 heteroatoms. The summed E-state index contributed by atoms with van der Waals surface area (Å²) >= 11 is 1.78. The van der Waals surface area contributed by atoms with E-state index in [1.165, 1.54) is 10.9 Å². The van der Waals surface area contributed by atoms with Crippen LogP contribution in [0.4, 0.5) is 0 Å². The van der Waals surface area contributed by atoms with E-state index in [2.05, 4.69) is 22.4 Å². The van der Waals surface area contributed by atoms with Crippen molar-refractivity contribution in [2.75, 3.05) is 25.2 Å². The Bertz CT molecular complexity index is 604. The summed E-state index contributed by atoms with van der Waals surface area (Å²) in [6.45, 7) is 0.753. The van der Waals surface area contributed by atoms with Crippen molar-refractivity contribution in [2.45, 2.75) is 12.5 Å². The van der Waals surface area contributed by atoms with E-state index in [-0.39, 0.29) is 11.9 Å². The zero-order valence-electron chi connectivity index (χ0n) is 11.6. The van der Waals surface area contributed by atoms with Crippen molar-refractivity contribution >= 4 is 28.6 Å². The zero-order valence-corrected chi connectivity index (χ0v) is 12.4. The molecule has 1 unspecified atom stereocenters. The molecule has 1 aromatic carbocycles. The number of likely N-dealkylation sites (N-methyl/N-ethyl adjacent to an activating group) is 1. The minimum Gasteiger partial charge on any atom is -0.361 e. The van der Waals surface area contributed by atoms with Crippen molar-refractivity contribution in [3.63, 3.8) is 0 Å². The maximum Gasteiger partial charge on any atom is 0.240 e. The molecule has 1 atom stereocenters. The van der Waals surface area contributed by atoms with Gasteiger partial charge in [-0.1, -0.05) is 18.2 Å². The average molecular weight is 289 g/mol. The number of fused-ring (bicyclic) bond motifs is 1. The number of rotatable bonds is 4. The van der Waals surface area contributed by atoms with Crippen molar-refractivity contribution in [3.05, 3.63) is 36.0 Å². The molecule has 1 fully saturated rings. The number of H-pyrrole nitrogens is 1. The first-order chi connectivity index (χ1) is 9.75. The largest absolute Gasteiger partial charge is 0.361 e. The first kappa shape index (κ1) is 13.5. The fourth-order valence-corrected chi connectivity index (χ4v) is 3.49. The Morgan fingerprint density at radius 3 is 3.10 bits per heavy atom. The van der Waals surface area contributed by atoms with Gasteiger partial charge in [-0.15, -0.1) is 11.8 Å². The summed E-state index contributed by atoms with van der Waals surface area (Å²) in [5.74, 6) is 1.97. The third kappa shape index (κ3) is 2.69. The molecule has 0 radical (unpaired) electrons. The van der Waals surface area contributed by atoms with E-state index in [4.69, 9.17) is 0 Å². The molecule has 1 saturated heterocycles. The smallest absolute Gasteiger partial charge is 0.240 e. The highest BCUT2D eigenvalue weighted by molar-refractivity contribution is 7.99. The Morgan fingerprint density at radius 2 is 2.30 bits per heavy atom. The summed E-state index contributed by atoms with van der Waals surface area (Å²) in [6, 6.07) is 8.27. The predicted octanol–water partition coefficient (Wildman–Crippen LogP) is 1.83. The van der Waals surface area contributed by atoms with Crippen molar-refractivity contribution in [2.24, 2.45) is 0 Å². The highest BCUT2D eigenvalue weighted by atomic mass is 32.2. The second kappa shape index (κ2) is 5.89. The lowest BCUT2D eigenvalue weighted by Crippen LogP contribution is -2.43. The normalized spacial score (nSPS) is 18.6. The van der Waals surface area contributed by atoms with Crippen LogP contribution in [-0.4, -0.2) is 47.1 Å². The predicted molar refractivity (Wildman–Crippen MR) is 83.9 cm³/mol. The molecule has 3 rings (SSSR count). The summed E-state index contributed by atoms with van der Waals surface area (Å²) in [5, 5.41) is 4.48. The van der Waals surface area contributed by atoms with Crippen molar-refractivity contribution < 1.29 is 4.79 Å². The number of benzene rings is 1. The van der Waals surface area contributed by atoms with Crippen LogP contribution >= 0.6 is 11.8 Å². The van der Waals surface area contributed by atoms with Gasteiger partial charge in [0.25, 0.3) is 0 Å². The van der Waals surface area contributed by atoms with E-state index < -0.39 is 0 Å². The number of nitrogens with zero attached hydrogens (tertiary/aromatic N) is 1. The molecule has 0 aliphatic carbocycles. The summed E-state index contributed by atoms with van der Waals surface area (Å²) in [7, 11) is 1.89. The van der Waals surface area contributed by atoms with Gasteiger partial charge in [0.05, 0.1) is 6.04 Å². The third-order valence-corrected chi connectivity index (χ3v) is 4.72. The molecule has 2 heterocycles. The van der Waals surface area contributed by atoms with Crippen LogP contribution in [0.2, 0.25) is 0 Å². The molecular formula is C15H19N3OS. The summed E-state index contributed by atoms with van der Waals surface area (Å²) in [6.07, 6.45) is 2.93. The SMILES string of the molecule is CN(CCc1c[nH]c2ccccc12)C(=O)C1CSCN1. The van der Waals surface area contributed by atoms with Crippen LogP contribution < -0.4 is 5.32 Å². The van der Waals surface area contributed by atoms with Crippen LogP contribution in [0.1, 0.15) is 5.56 Å². The van der Waals surface area contributed by atoms with Gasteiger partial charge < -0.3 is 9.88 Å². The van der Waals surface area contributed by atoms with E-state index in [0.717, 1.165) is 30.1 Å². The molecule has 4 nitrogen and oxygen atoms in total. The van der Waals surface area contributed by atoms with Crippen LogP contribution in [0.15, 0.2) is 30.5 Å². The van der Waals surface area contributed by atoms with Gasteiger partial charge in [-0.2, -0.15) is 0 Å². The molecule has 2 N–H and O–H groups in total. The monoisotopic (exact) mass is 289 g/mol. The Kier molecular flexibility index (Phi) is 3.98. The quantitative estimate of drug-likeness (QED) is 0.903. The van der Waals surface area contributed by atoms with Gasteiger partial charge in [0.1, 0.15) is 0 Å². The first-order valence-corrected chi connectivity index (χ1v) is 8.02. The van der Waals surface area contributed by atoms with Crippen LogP contribution in [-0.2, 0) is 11.2 Å². The van der Waals surface area contributed by atoms with E-state index in [1.54, 1.807) is 11.8 Å². The Morgan fingerprint density at radius 1 is 1.45 bits per heavy atom. The van der Waals surface area contributed by atoms with Crippen LogP contribution in [0, 0.1) is 0 Å². The lowest BCUT2D eigenvalue weighted by Gasteiger charge is -2.20. The number of aromatic amines is 1. The minimum atomic E-state index is -0.00651. The molecule has 0 spiro atoms. The molecule has 20 heavy (non-hydrogen) atoms. The standard InChI is InChI=1S/C15H19N3OS/c1-18(15(19)14-9-20-10-17-14)7-6-11-8-16-13-5-3-2-4-12(11)13/h2-5,8,14,16-17H,6-7,9-10H2,1H3. The Balaban J connectivity index is 1.62. The number of carbonyl (C=O) groups excluding carboxylic acids is 1. The third-order valence-electron chi connectivity index (χ3n) is 3.78. The summed E-state index contributed by atoms with van der Waals surface area (Å²) in [4.78, 5) is 17.3. The number of hydrogen-bond donors (Lipinski definition) is 2. The highest BCUT2D eigenvalue weighted by Crippen LogP contribution is 2.18. The highest BCUT2D eigenvalue weighted by Gasteiger charge is 2.25. The lowest BCUT2D eigenvalue weighted by molar-refractivity contribution is -0.131. The molecule has 106 valence electrons. The molecule has 0 bridgehead atoms. The number of thioether (sulfide) groups is 1. The number of carbonyl (C=O) groups is 1. The number of nitrogens with one attached hydrogen (secondary N) is 2. The molecule has 2 aromatic rings. The van der Waals surface area contributed by atoms with E-state index in [9.17, 15) is 4.79 Å². The second-order valence-electron chi connectivity index (χ2n) is 5.14. The second-order valence-corrected chi connectivity index (χ2v) is 6.17. The molecule has 1 aliphatic rings. The molecule has 1 amide bonds. The van der Waals surface area contributed by atoms with E-state index >= 15 is 0 Å². The van der Waals surface area contributed by atoms with Gasteiger partial charge in [0.2, 0.25) is 5.91 Å². The van der Waals surface area contributed by atoms with Gasteiger partial charge in [-0.3, -0.25) is 10.1 Å². The van der Waals surface area contributed by atoms with Gasteiger partial charge in [-0.05, 0) is 18.1 Å². The topological polar surface area (TPSA) is 48.1 Å². The van der Waals surface area contributed by atoms with E-state index in [1.807, 2.05) is 30.3 Å². The van der Waals surface area contributed by atoms with E-state index in [0.29, 0.717) is 0 Å². The van der Waals surface area contributed by atoms with Crippen molar-refractivity contribution in [1.29, 1.82) is 0 Å². The Hall–Kier alpha value is -1.46. The van der Waals surface area contributed by atoms with Crippen molar-refractivity contribution in [3.8, 4) is 0 Å². The van der Waals surface area contributed by atoms with Gasteiger partial charge >= 0.3 is 0 Å².